The number of benzene rings is 2. The number of esters is 1. The molecule has 0 aliphatic carbocycles. The number of anilines is 2. The van der Waals surface area contributed by atoms with Gasteiger partial charge in [-0.15, -0.1) is 0 Å². The molecule has 1 N–H and O–H groups in total. The van der Waals surface area contributed by atoms with Gasteiger partial charge in [0.25, 0.3) is 11.6 Å². The minimum atomic E-state index is -0.572. The summed E-state index contributed by atoms with van der Waals surface area (Å²) in [4.78, 5) is 37.2. The number of amides is 1. The average Bonchev–Trinajstić information content (AvgIpc) is 3.23. The first-order chi connectivity index (χ1) is 13.4. The summed E-state index contributed by atoms with van der Waals surface area (Å²) in [5, 5.41) is 14.3. The number of nitrogens with zero attached hydrogens (tertiary/aromatic N) is 2. The third-order valence-corrected chi connectivity index (χ3v) is 4.85. The molecule has 0 aromatic heterocycles. The summed E-state index contributed by atoms with van der Waals surface area (Å²) in [6.07, 6.45) is 1.96. The van der Waals surface area contributed by atoms with Crippen molar-refractivity contribution in [3.63, 3.8) is 0 Å². The molecule has 146 valence electrons. The Hall–Kier alpha value is -3.13. The van der Waals surface area contributed by atoms with Gasteiger partial charge in [-0.3, -0.25) is 14.9 Å². The molecule has 0 atom stereocenters. The van der Waals surface area contributed by atoms with E-state index in [4.69, 9.17) is 11.6 Å². The summed E-state index contributed by atoms with van der Waals surface area (Å²) in [5.41, 5.74) is 0.932. The van der Waals surface area contributed by atoms with Crippen molar-refractivity contribution in [1.29, 1.82) is 0 Å². The molecule has 1 heterocycles. The number of nitro benzene ring substituents is 1. The first-order valence-corrected chi connectivity index (χ1v) is 9.01. The zero-order chi connectivity index (χ0) is 20.3. The van der Waals surface area contributed by atoms with Gasteiger partial charge in [0.2, 0.25) is 0 Å². The van der Waals surface area contributed by atoms with E-state index in [1.54, 1.807) is 6.07 Å². The molecule has 0 radical (unpaired) electrons. The van der Waals surface area contributed by atoms with Crippen molar-refractivity contribution in [3.05, 3.63) is 62.7 Å². The number of nitro groups is 1. The number of hydrogen-bond acceptors (Lipinski definition) is 6. The monoisotopic (exact) mass is 403 g/mol. The van der Waals surface area contributed by atoms with Gasteiger partial charge in [-0.05, 0) is 43.2 Å². The first kappa shape index (κ1) is 19.6. The van der Waals surface area contributed by atoms with Crippen LogP contribution in [0.2, 0.25) is 5.02 Å². The average molecular weight is 404 g/mol. The second-order valence-corrected chi connectivity index (χ2v) is 6.70. The highest BCUT2D eigenvalue weighted by molar-refractivity contribution is 6.34. The number of nitrogens with one attached hydrogen (secondary N) is 1. The maximum absolute atomic E-state index is 12.6. The van der Waals surface area contributed by atoms with Crippen LogP contribution in [-0.2, 0) is 4.74 Å². The lowest BCUT2D eigenvalue weighted by atomic mass is 10.1. The molecule has 2 aromatic carbocycles. The number of rotatable bonds is 5. The predicted molar refractivity (Wildman–Crippen MR) is 105 cm³/mol. The summed E-state index contributed by atoms with van der Waals surface area (Å²) in [6.45, 7) is 1.50. The largest absolute Gasteiger partial charge is 0.465 e. The highest BCUT2D eigenvalue weighted by Gasteiger charge is 2.24. The van der Waals surface area contributed by atoms with Crippen molar-refractivity contribution >= 4 is 40.5 Å². The molecular weight excluding hydrogens is 386 g/mol. The Morgan fingerprint density at radius 2 is 1.82 bits per heavy atom. The van der Waals surface area contributed by atoms with E-state index < -0.39 is 16.8 Å². The van der Waals surface area contributed by atoms with Gasteiger partial charge >= 0.3 is 5.97 Å². The van der Waals surface area contributed by atoms with E-state index in [0.29, 0.717) is 5.69 Å². The van der Waals surface area contributed by atoms with E-state index in [0.717, 1.165) is 25.9 Å². The summed E-state index contributed by atoms with van der Waals surface area (Å²) in [6, 6.07) is 8.70. The number of carbonyl (C=O) groups is 2. The Bertz CT molecular complexity index is 941. The van der Waals surface area contributed by atoms with Gasteiger partial charge in [0, 0.05) is 24.7 Å². The zero-order valence-corrected chi connectivity index (χ0v) is 15.9. The summed E-state index contributed by atoms with van der Waals surface area (Å²) >= 11 is 6.09. The number of hydrogen-bond donors (Lipinski definition) is 1. The molecule has 0 unspecified atom stereocenters. The summed E-state index contributed by atoms with van der Waals surface area (Å²) < 4.78 is 4.65. The maximum atomic E-state index is 12.6. The molecule has 1 aliphatic rings. The van der Waals surface area contributed by atoms with E-state index in [1.807, 2.05) is 4.90 Å². The van der Waals surface area contributed by atoms with Crippen LogP contribution >= 0.6 is 11.6 Å². The fourth-order valence-corrected chi connectivity index (χ4v) is 3.26. The quantitative estimate of drug-likeness (QED) is 0.461. The van der Waals surface area contributed by atoms with Crippen molar-refractivity contribution in [3.8, 4) is 0 Å². The second kappa shape index (κ2) is 8.26. The Morgan fingerprint density at radius 1 is 1.14 bits per heavy atom. The standard InChI is InChI=1S/C19H18ClN3O5/c1-28-19(25)13-4-6-14(20)15(10-13)21-18(24)12-5-7-16(17(11-12)23(26)27)22-8-2-3-9-22/h4-7,10-11H,2-3,8-9H2,1H3,(H,21,24). The lowest BCUT2D eigenvalue weighted by Gasteiger charge is -2.18. The van der Waals surface area contributed by atoms with Gasteiger partial charge in [-0.25, -0.2) is 4.79 Å². The molecular formula is C19H18ClN3O5. The van der Waals surface area contributed by atoms with Gasteiger partial charge in [-0.1, -0.05) is 11.6 Å². The zero-order valence-electron chi connectivity index (χ0n) is 15.1. The SMILES string of the molecule is COC(=O)c1ccc(Cl)c(NC(=O)c2ccc(N3CCCC3)c([N+](=O)[O-])c2)c1. The van der Waals surface area contributed by atoms with Crippen LogP contribution in [0.15, 0.2) is 36.4 Å². The smallest absolute Gasteiger partial charge is 0.337 e. The third kappa shape index (κ3) is 4.07. The third-order valence-electron chi connectivity index (χ3n) is 4.52. The van der Waals surface area contributed by atoms with Crippen LogP contribution in [0.25, 0.3) is 0 Å². The molecule has 2 aromatic rings. The molecule has 1 fully saturated rings. The second-order valence-electron chi connectivity index (χ2n) is 6.30. The molecule has 28 heavy (non-hydrogen) atoms. The van der Waals surface area contributed by atoms with Crippen LogP contribution in [0.5, 0.6) is 0 Å². The fraction of sp³-hybridized carbons (Fsp3) is 0.263. The Kier molecular flexibility index (Phi) is 5.79. The van der Waals surface area contributed by atoms with Crippen molar-refractivity contribution in [2.45, 2.75) is 12.8 Å². The Morgan fingerprint density at radius 3 is 2.46 bits per heavy atom. The van der Waals surface area contributed by atoms with Crippen LogP contribution < -0.4 is 10.2 Å². The van der Waals surface area contributed by atoms with Crippen molar-refractivity contribution in [2.24, 2.45) is 0 Å². The van der Waals surface area contributed by atoms with E-state index >= 15 is 0 Å². The van der Waals surface area contributed by atoms with Crippen LogP contribution in [0.1, 0.15) is 33.6 Å². The minimum Gasteiger partial charge on any atom is -0.465 e. The van der Waals surface area contributed by atoms with E-state index in [-0.39, 0.29) is 27.5 Å². The highest BCUT2D eigenvalue weighted by atomic mass is 35.5. The van der Waals surface area contributed by atoms with Crippen LogP contribution in [0.3, 0.4) is 0 Å². The number of ether oxygens (including phenoxy) is 1. The van der Waals surface area contributed by atoms with Crippen LogP contribution in [0.4, 0.5) is 17.1 Å². The molecule has 9 heteroatoms. The van der Waals surface area contributed by atoms with Gasteiger partial charge in [0.05, 0.1) is 28.3 Å². The Balaban J connectivity index is 1.88. The van der Waals surface area contributed by atoms with Crippen LogP contribution in [-0.4, -0.2) is 37.0 Å². The molecule has 1 aliphatic heterocycles. The fourth-order valence-electron chi connectivity index (χ4n) is 3.10. The predicted octanol–water partition coefficient (Wildman–Crippen LogP) is 3.89. The number of carbonyl (C=O) groups excluding carboxylic acids is 2. The van der Waals surface area contributed by atoms with Gasteiger partial charge < -0.3 is 15.0 Å². The van der Waals surface area contributed by atoms with E-state index in [1.165, 1.54) is 37.4 Å². The molecule has 8 nitrogen and oxygen atoms in total. The normalized spacial score (nSPS) is 13.3. The highest BCUT2D eigenvalue weighted by Crippen LogP contribution is 2.32. The van der Waals surface area contributed by atoms with Crippen LogP contribution in [0, 0.1) is 10.1 Å². The topological polar surface area (TPSA) is 102 Å². The van der Waals surface area contributed by atoms with Gasteiger partial charge in [-0.2, -0.15) is 0 Å². The van der Waals surface area contributed by atoms with Crippen molar-refractivity contribution in [2.75, 3.05) is 30.4 Å². The Labute approximate surface area is 166 Å². The summed E-state index contributed by atoms with van der Waals surface area (Å²) in [7, 11) is 1.25. The van der Waals surface area contributed by atoms with Gasteiger partial charge in [0.1, 0.15) is 5.69 Å². The molecule has 0 spiro atoms. The van der Waals surface area contributed by atoms with Gasteiger partial charge in [0.15, 0.2) is 0 Å². The maximum Gasteiger partial charge on any atom is 0.337 e. The molecule has 1 saturated heterocycles. The van der Waals surface area contributed by atoms with Crippen molar-refractivity contribution in [1.82, 2.24) is 0 Å². The molecule has 1 amide bonds. The first-order valence-electron chi connectivity index (χ1n) is 8.63. The lowest BCUT2D eigenvalue weighted by molar-refractivity contribution is -0.384. The minimum absolute atomic E-state index is 0.120. The number of methoxy groups -OCH3 is 1. The molecule has 0 saturated carbocycles. The van der Waals surface area contributed by atoms with E-state index in [9.17, 15) is 19.7 Å². The molecule has 0 bridgehead atoms. The number of halogens is 1. The van der Waals surface area contributed by atoms with Crippen molar-refractivity contribution < 1.29 is 19.2 Å². The lowest BCUT2D eigenvalue weighted by Crippen LogP contribution is -2.20. The van der Waals surface area contributed by atoms with E-state index in [2.05, 4.69) is 10.1 Å². The summed E-state index contributed by atoms with van der Waals surface area (Å²) in [5.74, 6) is -1.14. The molecule has 3 rings (SSSR count).